The third-order valence-electron chi connectivity index (χ3n) is 4.25. The third-order valence-corrected chi connectivity index (χ3v) is 4.25. The van der Waals surface area contributed by atoms with Gasteiger partial charge in [0.1, 0.15) is 0 Å². The predicted molar refractivity (Wildman–Crippen MR) is 91.1 cm³/mol. The van der Waals surface area contributed by atoms with E-state index in [9.17, 15) is 5.11 Å². The highest BCUT2D eigenvalue weighted by Crippen LogP contribution is 2.43. The Morgan fingerprint density at radius 1 is 1.52 bits per heavy atom. The Morgan fingerprint density at radius 3 is 2.96 bits per heavy atom. The van der Waals surface area contributed by atoms with Crippen LogP contribution in [0.25, 0.3) is 0 Å². The molecule has 4 atom stereocenters. The van der Waals surface area contributed by atoms with Crippen molar-refractivity contribution in [1.82, 2.24) is 4.90 Å². The van der Waals surface area contributed by atoms with E-state index in [1.54, 1.807) is 12.1 Å². The fraction of sp³-hybridized carbons (Fsp3) is 0.684. The lowest BCUT2D eigenvalue weighted by molar-refractivity contribution is -0.0191. The summed E-state index contributed by atoms with van der Waals surface area (Å²) in [6.45, 7) is -5.48. The number of piperidine rings is 1. The summed E-state index contributed by atoms with van der Waals surface area (Å²) in [6, 6.07) is 2.42. The number of hydrogen-bond acceptors (Lipinski definition) is 4. The molecule has 1 unspecified atom stereocenters. The third kappa shape index (κ3) is 3.20. The number of fused-ring (bicyclic) bond motifs is 3. The van der Waals surface area contributed by atoms with E-state index in [0.717, 1.165) is 12.5 Å². The molecule has 0 amide bonds. The van der Waals surface area contributed by atoms with Crippen LogP contribution in [0.2, 0.25) is 0 Å². The molecule has 2 heterocycles. The zero-order valence-electron chi connectivity index (χ0n) is 23.6. The van der Waals surface area contributed by atoms with Crippen LogP contribution in [0.3, 0.4) is 0 Å². The molecule has 4 nitrogen and oxygen atoms in total. The van der Waals surface area contributed by atoms with Crippen molar-refractivity contribution in [2.24, 2.45) is 11.8 Å². The number of aliphatic hydroxyl groups is 1. The van der Waals surface area contributed by atoms with Crippen LogP contribution in [-0.2, 0) is 6.42 Å². The monoisotopic (exact) mass is 329 g/mol. The highest BCUT2D eigenvalue weighted by Gasteiger charge is 2.38. The second-order valence-corrected chi connectivity index (χ2v) is 5.75. The maximum atomic E-state index is 11.1. The maximum Gasteiger partial charge on any atom is 0.161 e. The van der Waals surface area contributed by atoms with Crippen LogP contribution >= 0.6 is 0 Å². The van der Waals surface area contributed by atoms with E-state index in [2.05, 4.69) is 0 Å². The number of benzene rings is 1. The SMILES string of the molecule is [2H]C([2H])([2H])C([2H])(C)C([2H])([2H])[C@@]1([2H])C([2H])([2H])N2CCc3cc(OC)c(OC)cc3[C@@H]2C[C@@]1([2H])O. The lowest BCUT2D eigenvalue weighted by Gasteiger charge is -2.46. The molecule has 23 heavy (non-hydrogen) atoms. The Morgan fingerprint density at radius 2 is 2.26 bits per heavy atom. The van der Waals surface area contributed by atoms with E-state index >= 15 is 0 Å². The van der Waals surface area contributed by atoms with Crippen LogP contribution < -0.4 is 9.47 Å². The molecule has 2 aliphatic rings. The summed E-state index contributed by atoms with van der Waals surface area (Å²) in [5.74, 6) is -5.51. The summed E-state index contributed by atoms with van der Waals surface area (Å²) in [5, 5.41) is 11.1. The van der Waals surface area contributed by atoms with E-state index in [0.29, 0.717) is 23.5 Å². The zero-order chi connectivity index (χ0) is 25.4. The number of ether oxygens (including phenoxy) is 2. The van der Waals surface area contributed by atoms with Gasteiger partial charge in [-0.2, -0.15) is 0 Å². The lowest BCUT2D eigenvalue weighted by Crippen LogP contribution is -2.48. The minimum Gasteiger partial charge on any atom is -0.493 e. The van der Waals surface area contributed by atoms with E-state index < -0.39 is 50.1 Å². The molecule has 3 rings (SSSR count). The first-order valence-corrected chi connectivity index (χ1v) is 7.56. The molecule has 4 heteroatoms. The fourth-order valence-electron chi connectivity index (χ4n) is 3.16. The maximum absolute atomic E-state index is 11.1. The summed E-state index contributed by atoms with van der Waals surface area (Å²) in [6.07, 6.45) is -6.79. The molecule has 1 fully saturated rings. The van der Waals surface area contributed by atoms with Crippen molar-refractivity contribution in [3.05, 3.63) is 23.3 Å². The number of methoxy groups -OCH3 is 2. The van der Waals surface area contributed by atoms with Crippen LogP contribution in [0, 0.1) is 11.8 Å². The van der Waals surface area contributed by atoms with Gasteiger partial charge in [-0.05, 0) is 54.3 Å². The Kier molecular flexibility index (Phi) is 2.39. The van der Waals surface area contributed by atoms with Crippen molar-refractivity contribution in [1.29, 1.82) is 0 Å². The van der Waals surface area contributed by atoms with Crippen molar-refractivity contribution >= 4 is 0 Å². The molecule has 0 radical (unpaired) electrons. The molecule has 0 bridgehead atoms. The first-order chi connectivity index (χ1) is 14.8. The van der Waals surface area contributed by atoms with E-state index in [1.165, 1.54) is 19.1 Å². The van der Waals surface area contributed by atoms with Gasteiger partial charge in [-0.1, -0.05) is 13.8 Å². The topological polar surface area (TPSA) is 41.9 Å². The van der Waals surface area contributed by atoms with Crippen LogP contribution in [0.5, 0.6) is 11.5 Å². The summed E-state index contributed by atoms with van der Waals surface area (Å²) >= 11 is 0. The van der Waals surface area contributed by atoms with Crippen molar-refractivity contribution in [3.63, 3.8) is 0 Å². The molecule has 128 valence electrons. The molecule has 0 aliphatic carbocycles. The van der Waals surface area contributed by atoms with E-state index in [1.807, 2.05) is 0 Å². The van der Waals surface area contributed by atoms with E-state index in [4.69, 9.17) is 23.2 Å². The number of hydrogen-bond donors (Lipinski definition) is 1. The average molecular weight is 330 g/mol. The molecule has 1 aromatic carbocycles. The highest BCUT2D eigenvalue weighted by atomic mass is 16.5. The Hall–Kier alpha value is -1.26. The highest BCUT2D eigenvalue weighted by molar-refractivity contribution is 5.49. The van der Waals surface area contributed by atoms with Crippen LogP contribution in [0.15, 0.2) is 12.1 Å². The average Bonchev–Trinajstić information content (AvgIpc) is 2.69. The molecule has 1 saturated heterocycles. The Labute approximate surface area is 153 Å². The normalized spacial score (nSPS) is 46.2. The summed E-state index contributed by atoms with van der Waals surface area (Å²) in [7, 11) is 2.90. The lowest BCUT2D eigenvalue weighted by atomic mass is 9.79. The van der Waals surface area contributed by atoms with Crippen molar-refractivity contribution in [2.45, 2.75) is 45.1 Å². The van der Waals surface area contributed by atoms with Crippen molar-refractivity contribution < 1.29 is 28.3 Å². The molecule has 0 spiro atoms. The Bertz CT molecular complexity index is 933. The molecular weight excluding hydrogens is 290 g/mol. The van der Waals surface area contributed by atoms with Crippen LogP contribution in [-0.4, -0.2) is 43.3 Å². The van der Waals surface area contributed by atoms with Crippen molar-refractivity contribution in [3.8, 4) is 11.5 Å². The summed E-state index contributed by atoms with van der Waals surface area (Å²) in [5.41, 5.74) is 1.31. The molecule has 0 aromatic heterocycles. The van der Waals surface area contributed by atoms with Gasteiger partial charge < -0.3 is 14.6 Å². The fourth-order valence-corrected chi connectivity index (χ4v) is 3.16. The van der Waals surface area contributed by atoms with Gasteiger partial charge in [-0.3, -0.25) is 4.90 Å². The quantitative estimate of drug-likeness (QED) is 0.922. The number of rotatable bonds is 4. The first-order valence-electron chi connectivity index (χ1n) is 12.6. The zero-order valence-corrected chi connectivity index (χ0v) is 13.6. The van der Waals surface area contributed by atoms with Gasteiger partial charge >= 0.3 is 0 Å². The molecule has 1 N–H and O–H groups in total. The second-order valence-electron chi connectivity index (χ2n) is 5.75. The van der Waals surface area contributed by atoms with Gasteiger partial charge in [0, 0.05) is 31.4 Å². The van der Waals surface area contributed by atoms with Crippen LogP contribution in [0.4, 0.5) is 0 Å². The number of nitrogens with zero attached hydrogens (tertiary/aromatic N) is 1. The summed E-state index contributed by atoms with van der Waals surface area (Å²) in [4.78, 5) is 1.19. The van der Waals surface area contributed by atoms with Crippen molar-refractivity contribution in [2.75, 3.05) is 27.3 Å². The predicted octanol–water partition coefficient (Wildman–Crippen LogP) is 3.03. The van der Waals surface area contributed by atoms with E-state index in [-0.39, 0.29) is 6.54 Å². The van der Waals surface area contributed by atoms with Gasteiger partial charge in [0.2, 0.25) is 0 Å². The molecule has 2 aliphatic heterocycles. The van der Waals surface area contributed by atoms with Crippen LogP contribution in [0.1, 0.15) is 57.4 Å². The first kappa shape index (κ1) is 8.21. The second kappa shape index (κ2) is 6.70. The largest absolute Gasteiger partial charge is 0.493 e. The molecular formula is C19H29NO3. The summed E-state index contributed by atoms with van der Waals surface area (Å²) < 4.78 is 93.8. The molecule has 0 saturated carbocycles. The minimum absolute atomic E-state index is 0.0232. The van der Waals surface area contributed by atoms with Gasteiger partial charge in [-0.25, -0.2) is 0 Å². The van der Waals surface area contributed by atoms with Gasteiger partial charge in [0.05, 0.1) is 21.7 Å². The van der Waals surface area contributed by atoms with Gasteiger partial charge in [0.25, 0.3) is 0 Å². The smallest absolute Gasteiger partial charge is 0.161 e. The minimum atomic E-state index is -3.45. The standard InChI is InChI=1S/C19H29NO3/c1-12(2)7-14-11-20-6-5-13-8-18(22-3)19(23-4)9-15(13)16(20)10-17(14)21/h8-9,12,14,16-17,21H,5-7,10-11H2,1-4H3/t14-,16-,17+/m0/s1/i1D3,7D2,11D2,12D,14D,17D/t12?,14-,16-,17+. The Balaban J connectivity index is 2.20. The molecule has 1 aromatic rings. The van der Waals surface area contributed by atoms with Gasteiger partial charge in [0.15, 0.2) is 11.5 Å². The van der Waals surface area contributed by atoms with Gasteiger partial charge in [-0.15, -0.1) is 0 Å².